The zero-order valence-corrected chi connectivity index (χ0v) is 12.6. The van der Waals surface area contributed by atoms with E-state index in [2.05, 4.69) is 5.32 Å². The summed E-state index contributed by atoms with van der Waals surface area (Å²) < 4.78 is 0. The first-order valence-corrected chi connectivity index (χ1v) is 7.71. The molecule has 2 unspecified atom stereocenters. The van der Waals surface area contributed by atoms with Crippen molar-refractivity contribution >= 4 is 5.78 Å². The lowest BCUT2D eigenvalue weighted by molar-refractivity contribution is -0.526. The molecule has 1 N–H and O–H groups in total. The second-order valence-electron chi connectivity index (χ2n) is 5.73. The summed E-state index contributed by atoms with van der Waals surface area (Å²) in [5.74, 6) is -0.322. The van der Waals surface area contributed by atoms with Gasteiger partial charge in [-0.15, -0.1) is 0 Å². The quantitative estimate of drug-likeness (QED) is 0.535. The van der Waals surface area contributed by atoms with E-state index in [0.717, 1.165) is 12.1 Å². The molecule has 1 heterocycles. The summed E-state index contributed by atoms with van der Waals surface area (Å²) in [5, 5.41) is 14.4. The molecule has 23 heavy (non-hydrogen) atoms. The summed E-state index contributed by atoms with van der Waals surface area (Å²) in [5.41, 5.74) is 1.95. The molecule has 2 aromatic carbocycles. The fraction of sp³-hybridized carbons (Fsp3) is 0.278. The van der Waals surface area contributed by atoms with Gasteiger partial charge in [-0.2, -0.15) is 0 Å². The highest BCUT2D eigenvalue weighted by Crippen LogP contribution is 2.31. The minimum atomic E-state index is -0.700. The van der Waals surface area contributed by atoms with Crippen molar-refractivity contribution in [3.05, 3.63) is 81.4 Å². The van der Waals surface area contributed by atoms with Gasteiger partial charge in [0.2, 0.25) is 6.04 Å². The molecule has 2 aromatic rings. The molecule has 0 spiro atoms. The molecule has 0 amide bonds. The highest BCUT2D eigenvalue weighted by atomic mass is 16.6. The van der Waals surface area contributed by atoms with E-state index in [4.69, 9.17) is 0 Å². The number of ketones is 1. The van der Waals surface area contributed by atoms with Crippen LogP contribution in [-0.2, 0) is 0 Å². The first-order chi connectivity index (χ1) is 11.2. The Balaban J connectivity index is 2.00. The monoisotopic (exact) mass is 310 g/mol. The molecule has 0 bridgehead atoms. The average molecular weight is 310 g/mol. The summed E-state index contributed by atoms with van der Waals surface area (Å²) in [4.78, 5) is 23.9. The minimum Gasteiger partial charge on any atom is -0.310 e. The van der Waals surface area contributed by atoms with Crippen LogP contribution in [0.25, 0.3) is 0 Å². The van der Waals surface area contributed by atoms with Gasteiger partial charge in [0.1, 0.15) is 0 Å². The molecule has 1 aliphatic rings. The van der Waals surface area contributed by atoms with Crippen LogP contribution in [0.2, 0.25) is 0 Å². The standard InChI is InChI=1S/C18H18N2O3/c21-18(13-6-2-1-3-7-13)16-9-5-4-8-14(16)15-10-11-19-12-17(15)20(22)23/h1-9,15,17,19H,10-12H2. The van der Waals surface area contributed by atoms with Gasteiger partial charge in [-0.05, 0) is 18.5 Å². The number of nitrogens with zero attached hydrogens (tertiary/aromatic N) is 1. The number of carbonyl (C=O) groups excluding carboxylic acids is 1. The molecule has 118 valence electrons. The summed E-state index contributed by atoms with van der Waals surface area (Å²) in [6.45, 7) is 1.06. The molecule has 2 atom stereocenters. The molecule has 1 fully saturated rings. The van der Waals surface area contributed by atoms with Crippen LogP contribution in [0.15, 0.2) is 54.6 Å². The zero-order valence-electron chi connectivity index (χ0n) is 12.6. The largest absolute Gasteiger partial charge is 0.310 e. The topological polar surface area (TPSA) is 72.2 Å². The fourth-order valence-electron chi connectivity index (χ4n) is 3.20. The van der Waals surface area contributed by atoms with Crippen molar-refractivity contribution in [2.45, 2.75) is 18.4 Å². The van der Waals surface area contributed by atoms with Crippen LogP contribution in [0, 0.1) is 10.1 Å². The van der Waals surface area contributed by atoms with E-state index in [-0.39, 0.29) is 16.6 Å². The van der Waals surface area contributed by atoms with Gasteiger partial charge in [-0.3, -0.25) is 14.9 Å². The maximum absolute atomic E-state index is 12.8. The minimum absolute atomic E-state index is 0.0816. The molecule has 3 rings (SSSR count). The number of nitrogens with one attached hydrogen (secondary N) is 1. The molecule has 1 aliphatic heterocycles. The van der Waals surface area contributed by atoms with Crippen LogP contribution >= 0.6 is 0 Å². The number of hydrogen-bond acceptors (Lipinski definition) is 4. The highest BCUT2D eigenvalue weighted by Gasteiger charge is 2.36. The lowest BCUT2D eigenvalue weighted by Gasteiger charge is -2.27. The summed E-state index contributed by atoms with van der Waals surface area (Å²) in [6, 6.07) is 15.6. The predicted octanol–water partition coefficient (Wildman–Crippen LogP) is 2.64. The third kappa shape index (κ3) is 3.14. The summed E-state index contributed by atoms with van der Waals surface area (Å²) in [7, 11) is 0. The average Bonchev–Trinajstić information content (AvgIpc) is 2.62. The van der Waals surface area contributed by atoms with E-state index in [9.17, 15) is 14.9 Å². The maximum Gasteiger partial charge on any atom is 0.232 e. The van der Waals surface area contributed by atoms with E-state index >= 15 is 0 Å². The van der Waals surface area contributed by atoms with Crippen LogP contribution in [0.1, 0.15) is 33.8 Å². The van der Waals surface area contributed by atoms with Gasteiger partial charge < -0.3 is 5.32 Å². The Bertz CT molecular complexity index is 715. The van der Waals surface area contributed by atoms with E-state index in [1.165, 1.54) is 0 Å². The molecule has 0 aliphatic carbocycles. The van der Waals surface area contributed by atoms with Crippen molar-refractivity contribution in [1.29, 1.82) is 0 Å². The zero-order chi connectivity index (χ0) is 16.2. The molecule has 1 saturated heterocycles. The third-order valence-corrected chi connectivity index (χ3v) is 4.36. The number of benzene rings is 2. The Hall–Kier alpha value is -2.53. The molecule has 0 aromatic heterocycles. The molecule has 5 nitrogen and oxygen atoms in total. The Morgan fingerprint density at radius 3 is 2.52 bits per heavy atom. The van der Waals surface area contributed by atoms with Gasteiger partial charge in [0.25, 0.3) is 0 Å². The first kappa shape index (κ1) is 15.4. The number of rotatable bonds is 4. The van der Waals surface area contributed by atoms with Crippen molar-refractivity contribution < 1.29 is 9.72 Å². The Morgan fingerprint density at radius 1 is 1.09 bits per heavy atom. The van der Waals surface area contributed by atoms with Gasteiger partial charge >= 0.3 is 0 Å². The van der Waals surface area contributed by atoms with E-state index in [1.54, 1.807) is 18.2 Å². The van der Waals surface area contributed by atoms with E-state index in [1.807, 2.05) is 36.4 Å². The van der Waals surface area contributed by atoms with Crippen LogP contribution < -0.4 is 5.32 Å². The van der Waals surface area contributed by atoms with Crippen LogP contribution in [0.4, 0.5) is 0 Å². The SMILES string of the molecule is O=C(c1ccccc1)c1ccccc1C1CCNCC1[N+](=O)[O-]. The van der Waals surface area contributed by atoms with Gasteiger partial charge in [-0.25, -0.2) is 0 Å². The number of nitro groups is 1. The van der Waals surface area contributed by atoms with Crippen LogP contribution in [-0.4, -0.2) is 29.8 Å². The Kier molecular flexibility index (Phi) is 4.48. The van der Waals surface area contributed by atoms with Gasteiger partial charge in [0.05, 0.1) is 12.5 Å². The Labute approximate surface area is 134 Å². The third-order valence-electron chi connectivity index (χ3n) is 4.36. The van der Waals surface area contributed by atoms with Gasteiger partial charge in [0.15, 0.2) is 5.78 Å². The van der Waals surface area contributed by atoms with E-state index in [0.29, 0.717) is 24.1 Å². The molecule has 0 saturated carbocycles. The number of piperidine rings is 1. The highest BCUT2D eigenvalue weighted by molar-refractivity contribution is 6.10. The summed E-state index contributed by atoms with van der Waals surface area (Å²) >= 11 is 0. The van der Waals surface area contributed by atoms with Gasteiger partial charge in [0, 0.05) is 16.1 Å². The van der Waals surface area contributed by atoms with Crippen molar-refractivity contribution in [3.63, 3.8) is 0 Å². The van der Waals surface area contributed by atoms with Gasteiger partial charge in [-0.1, -0.05) is 54.6 Å². The predicted molar refractivity (Wildman–Crippen MR) is 87.3 cm³/mol. The number of carbonyl (C=O) groups is 1. The smallest absolute Gasteiger partial charge is 0.232 e. The second-order valence-corrected chi connectivity index (χ2v) is 5.73. The van der Waals surface area contributed by atoms with Crippen molar-refractivity contribution in [1.82, 2.24) is 5.32 Å². The lowest BCUT2D eigenvalue weighted by atomic mass is 9.82. The normalized spacial score (nSPS) is 20.9. The van der Waals surface area contributed by atoms with Crippen molar-refractivity contribution in [3.8, 4) is 0 Å². The van der Waals surface area contributed by atoms with Crippen LogP contribution in [0.3, 0.4) is 0 Å². The number of hydrogen-bond donors (Lipinski definition) is 1. The fourth-order valence-corrected chi connectivity index (χ4v) is 3.20. The van der Waals surface area contributed by atoms with Crippen LogP contribution in [0.5, 0.6) is 0 Å². The molecule has 0 radical (unpaired) electrons. The van der Waals surface area contributed by atoms with Crippen molar-refractivity contribution in [2.24, 2.45) is 0 Å². The lowest BCUT2D eigenvalue weighted by Crippen LogP contribution is -2.44. The molecular formula is C18H18N2O3. The summed E-state index contributed by atoms with van der Waals surface area (Å²) in [6.07, 6.45) is 0.657. The Morgan fingerprint density at radius 2 is 1.78 bits per heavy atom. The second kappa shape index (κ2) is 6.71. The maximum atomic E-state index is 12.8. The molecular weight excluding hydrogens is 292 g/mol. The first-order valence-electron chi connectivity index (χ1n) is 7.71. The van der Waals surface area contributed by atoms with Crippen molar-refractivity contribution in [2.75, 3.05) is 13.1 Å². The van der Waals surface area contributed by atoms with E-state index < -0.39 is 6.04 Å². The molecule has 5 heteroatoms.